The summed E-state index contributed by atoms with van der Waals surface area (Å²) in [6.07, 6.45) is 4.74. The van der Waals surface area contributed by atoms with Gasteiger partial charge >= 0.3 is 0 Å². The van der Waals surface area contributed by atoms with E-state index in [0.717, 1.165) is 12.5 Å². The molecule has 1 amide bonds. The van der Waals surface area contributed by atoms with Gasteiger partial charge in [-0.2, -0.15) is 0 Å². The lowest BCUT2D eigenvalue weighted by Gasteiger charge is -2.17. The zero-order valence-electron chi connectivity index (χ0n) is 18.6. The Morgan fingerprint density at radius 3 is 2.42 bits per heavy atom. The number of amides is 1. The minimum absolute atomic E-state index is 0.0729. The number of nitrogens with zero attached hydrogens (tertiary/aromatic N) is 2. The molecule has 172 valence electrons. The van der Waals surface area contributed by atoms with Crippen molar-refractivity contribution in [3.05, 3.63) is 77.9 Å². The number of Topliss-reactive ketones (excluding diaryl/α,β-unsaturated/α-hetero) is 1. The number of aromatic nitrogens is 2. The molecule has 1 aromatic heterocycles. The predicted octanol–water partition coefficient (Wildman–Crippen LogP) is 4.94. The molecule has 0 saturated heterocycles. The number of hydrogen-bond donors (Lipinski definition) is 2. The summed E-state index contributed by atoms with van der Waals surface area (Å²) >= 11 is 0. The number of nitrogens with one attached hydrogen (secondary N) is 2. The second-order valence-corrected chi connectivity index (χ2v) is 8.74. The summed E-state index contributed by atoms with van der Waals surface area (Å²) in [5.41, 5.74) is 1.54. The molecule has 1 heterocycles. The van der Waals surface area contributed by atoms with E-state index >= 15 is 0 Å². The summed E-state index contributed by atoms with van der Waals surface area (Å²) in [5.74, 6) is -3.21. The summed E-state index contributed by atoms with van der Waals surface area (Å²) in [6, 6.07) is 13.5. The maximum atomic E-state index is 13.8. The number of aryl methyl sites for hydroxylation is 1. The highest BCUT2D eigenvalue weighted by molar-refractivity contribution is 5.99. The molecule has 0 atom stereocenters. The van der Waals surface area contributed by atoms with Gasteiger partial charge in [-0.3, -0.25) is 9.59 Å². The number of anilines is 2. The number of alkyl halides is 2. The Kier molecular flexibility index (Phi) is 6.01. The lowest BCUT2D eigenvalue weighted by atomic mass is 9.97. The van der Waals surface area contributed by atoms with Crippen molar-refractivity contribution >= 4 is 23.1 Å². The van der Waals surface area contributed by atoms with Gasteiger partial charge in [-0.05, 0) is 36.6 Å². The van der Waals surface area contributed by atoms with Gasteiger partial charge in [0.15, 0.2) is 5.78 Å². The summed E-state index contributed by atoms with van der Waals surface area (Å²) < 4.78 is 29.4. The van der Waals surface area contributed by atoms with E-state index in [4.69, 9.17) is 0 Å². The van der Waals surface area contributed by atoms with Crippen molar-refractivity contribution in [3.8, 4) is 0 Å². The lowest BCUT2D eigenvalue weighted by molar-refractivity contribution is -0.126. The molecule has 1 aliphatic rings. The molecule has 0 radical (unpaired) electrons. The van der Waals surface area contributed by atoms with Gasteiger partial charge in [0.05, 0.1) is 11.7 Å². The SMILES string of the molecule is Cn1cnc(C(=O)CC2(C(=O)NCc3ccc(Nc4ccccc4C(C)(F)F)cc3)CC2)c1. The quantitative estimate of drug-likeness (QED) is 0.451. The number of halogens is 2. The van der Waals surface area contributed by atoms with E-state index in [1.54, 1.807) is 54.5 Å². The van der Waals surface area contributed by atoms with Crippen molar-refractivity contribution in [2.75, 3.05) is 5.32 Å². The molecule has 4 rings (SSSR count). The highest BCUT2D eigenvalue weighted by Gasteiger charge is 2.51. The highest BCUT2D eigenvalue weighted by atomic mass is 19.3. The largest absolute Gasteiger partial charge is 0.355 e. The Morgan fingerprint density at radius 2 is 1.82 bits per heavy atom. The van der Waals surface area contributed by atoms with Gasteiger partial charge < -0.3 is 15.2 Å². The van der Waals surface area contributed by atoms with Crippen LogP contribution in [0.4, 0.5) is 20.2 Å². The average molecular weight is 453 g/mol. The number of benzene rings is 2. The number of para-hydroxylation sites is 1. The normalized spacial score (nSPS) is 14.5. The van der Waals surface area contributed by atoms with Crippen LogP contribution in [0.1, 0.15) is 47.8 Å². The van der Waals surface area contributed by atoms with Crippen molar-refractivity contribution < 1.29 is 18.4 Å². The molecule has 1 saturated carbocycles. The van der Waals surface area contributed by atoms with E-state index in [2.05, 4.69) is 15.6 Å². The second-order valence-electron chi connectivity index (χ2n) is 8.74. The van der Waals surface area contributed by atoms with Crippen LogP contribution in [0, 0.1) is 5.41 Å². The molecule has 0 aliphatic heterocycles. The van der Waals surface area contributed by atoms with Gasteiger partial charge in [-0.25, -0.2) is 13.8 Å². The van der Waals surface area contributed by atoms with Crippen LogP contribution in [0.15, 0.2) is 61.1 Å². The number of hydrogen-bond acceptors (Lipinski definition) is 4. The topological polar surface area (TPSA) is 76.0 Å². The second kappa shape index (κ2) is 8.77. The smallest absolute Gasteiger partial charge is 0.272 e. The van der Waals surface area contributed by atoms with E-state index < -0.39 is 11.3 Å². The zero-order chi connectivity index (χ0) is 23.6. The lowest BCUT2D eigenvalue weighted by Crippen LogP contribution is -2.33. The van der Waals surface area contributed by atoms with Crippen molar-refractivity contribution in [1.82, 2.24) is 14.9 Å². The van der Waals surface area contributed by atoms with E-state index in [-0.39, 0.29) is 23.7 Å². The molecule has 33 heavy (non-hydrogen) atoms. The van der Waals surface area contributed by atoms with Crippen LogP contribution >= 0.6 is 0 Å². The molecule has 0 unspecified atom stereocenters. The van der Waals surface area contributed by atoms with Gasteiger partial charge in [-0.15, -0.1) is 0 Å². The standard InChI is InChI=1S/C25H26F2N4O2/c1-24(26,27)19-5-3-4-6-20(19)30-18-9-7-17(8-10-18)14-28-23(33)25(11-12-25)13-22(32)21-15-31(2)16-29-21/h3-10,15-16,30H,11-14H2,1-2H3,(H,28,33). The number of ketones is 1. The maximum absolute atomic E-state index is 13.8. The molecule has 0 bridgehead atoms. The first kappa shape index (κ1) is 22.6. The van der Waals surface area contributed by atoms with Crippen molar-refractivity contribution in [3.63, 3.8) is 0 Å². The first-order valence-corrected chi connectivity index (χ1v) is 10.8. The molecular weight excluding hydrogens is 426 g/mol. The Hall–Kier alpha value is -3.55. The number of imidazole rings is 1. The minimum Gasteiger partial charge on any atom is -0.355 e. The Balaban J connectivity index is 1.34. The van der Waals surface area contributed by atoms with Gasteiger partial charge in [0.2, 0.25) is 5.91 Å². The van der Waals surface area contributed by atoms with Gasteiger partial charge in [0.25, 0.3) is 5.92 Å². The number of carbonyl (C=O) groups excluding carboxylic acids is 2. The summed E-state index contributed by atoms with van der Waals surface area (Å²) in [6.45, 7) is 1.19. The van der Waals surface area contributed by atoms with Crippen LogP contribution in [-0.2, 0) is 24.3 Å². The predicted molar refractivity (Wildman–Crippen MR) is 121 cm³/mol. The van der Waals surface area contributed by atoms with E-state index in [1.807, 2.05) is 12.1 Å². The molecule has 2 N–H and O–H groups in total. The summed E-state index contributed by atoms with van der Waals surface area (Å²) in [7, 11) is 1.79. The van der Waals surface area contributed by atoms with E-state index in [0.29, 0.717) is 36.5 Å². The monoisotopic (exact) mass is 452 g/mol. The van der Waals surface area contributed by atoms with Crippen LogP contribution < -0.4 is 10.6 Å². The Labute approximate surface area is 191 Å². The summed E-state index contributed by atoms with van der Waals surface area (Å²) in [5, 5.41) is 5.96. The third kappa shape index (κ3) is 5.27. The molecule has 8 heteroatoms. The fourth-order valence-electron chi connectivity index (χ4n) is 3.80. The van der Waals surface area contributed by atoms with E-state index in [1.165, 1.54) is 6.07 Å². The maximum Gasteiger partial charge on any atom is 0.272 e. The average Bonchev–Trinajstić information content (AvgIpc) is 3.43. The van der Waals surface area contributed by atoms with Crippen LogP contribution in [0.3, 0.4) is 0 Å². The zero-order valence-corrected chi connectivity index (χ0v) is 18.6. The van der Waals surface area contributed by atoms with Gasteiger partial charge in [0, 0.05) is 50.1 Å². The van der Waals surface area contributed by atoms with Gasteiger partial charge in [-0.1, -0.05) is 30.3 Å². The van der Waals surface area contributed by atoms with E-state index in [9.17, 15) is 18.4 Å². The van der Waals surface area contributed by atoms with Gasteiger partial charge in [0.1, 0.15) is 5.69 Å². The van der Waals surface area contributed by atoms with Crippen LogP contribution in [0.2, 0.25) is 0 Å². The molecule has 1 fully saturated rings. The highest BCUT2D eigenvalue weighted by Crippen LogP contribution is 2.49. The molecule has 0 spiro atoms. The van der Waals surface area contributed by atoms with Crippen molar-refractivity contribution in [2.24, 2.45) is 12.5 Å². The molecule has 2 aromatic carbocycles. The fourth-order valence-corrected chi connectivity index (χ4v) is 3.80. The Morgan fingerprint density at radius 1 is 1.12 bits per heavy atom. The number of rotatable bonds is 9. The molecule has 1 aliphatic carbocycles. The van der Waals surface area contributed by atoms with Crippen LogP contribution in [-0.4, -0.2) is 21.2 Å². The molecule has 6 nitrogen and oxygen atoms in total. The Bertz CT molecular complexity index is 1160. The van der Waals surface area contributed by atoms with Crippen LogP contribution in [0.25, 0.3) is 0 Å². The van der Waals surface area contributed by atoms with Crippen LogP contribution in [0.5, 0.6) is 0 Å². The minimum atomic E-state index is -2.95. The molecule has 3 aromatic rings. The van der Waals surface area contributed by atoms with Crippen molar-refractivity contribution in [2.45, 2.75) is 38.7 Å². The number of carbonyl (C=O) groups is 2. The third-order valence-corrected chi connectivity index (χ3v) is 5.91. The first-order valence-electron chi connectivity index (χ1n) is 10.8. The molecular formula is C25H26F2N4O2. The van der Waals surface area contributed by atoms with Crippen molar-refractivity contribution in [1.29, 1.82) is 0 Å². The fraction of sp³-hybridized carbons (Fsp3) is 0.320. The first-order chi connectivity index (χ1) is 15.7. The summed E-state index contributed by atoms with van der Waals surface area (Å²) in [4.78, 5) is 29.3. The third-order valence-electron chi connectivity index (χ3n) is 5.91.